The van der Waals surface area contributed by atoms with Crippen molar-refractivity contribution in [2.24, 2.45) is 29.1 Å². The lowest BCUT2D eigenvalue weighted by Gasteiger charge is -2.45. The van der Waals surface area contributed by atoms with Gasteiger partial charge >= 0.3 is 0 Å². The molecule has 0 nitrogen and oxygen atoms in total. The predicted molar refractivity (Wildman–Crippen MR) is 112 cm³/mol. The summed E-state index contributed by atoms with van der Waals surface area (Å²) < 4.78 is 0. The summed E-state index contributed by atoms with van der Waals surface area (Å²) in [5.41, 5.74) is 6.78. The molecule has 0 saturated heterocycles. The number of benzene rings is 1. The van der Waals surface area contributed by atoms with Crippen molar-refractivity contribution in [1.29, 1.82) is 0 Å². The van der Waals surface area contributed by atoms with Crippen molar-refractivity contribution in [1.82, 2.24) is 0 Å². The Hall–Kier alpha value is -0.780. The Balaban J connectivity index is 2.23. The average molecular weight is 343 g/mol. The van der Waals surface area contributed by atoms with Gasteiger partial charge in [0.25, 0.3) is 0 Å². The van der Waals surface area contributed by atoms with Gasteiger partial charge in [0.1, 0.15) is 0 Å². The van der Waals surface area contributed by atoms with Crippen molar-refractivity contribution in [3.63, 3.8) is 0 Å². The van der Waals surface area contributed by atoms with Gasteiger partial charge in [0.2, 0.25) is 0 Å². The van der Waals surface area contributed by atoms with Gasteiger partial charge in [-0.15, -0.1) is 0 Å². The maximum atomic E-state index is 2.51. The van der Waals surface area contributed by atoms with Gasteiger partial charge in [0, 0.05) is 0 Å². The molecule has 25 heavy (non-hydrogen) atoms. The topological polar surface area (TPSA) is 0 Å². The van der Waals surface area contributed by atoms with E-state index in [4.69, 9.17) is 0 Å². The molecule has 1 aromatic rings. The summed E-state index contributed by atoms with van der Waals surface area (Å²) in [6.45, 7) is 23.9. The standard InChI is InChI=1S/C25H42/c1-16-11-20(24(5,6)7)12-17(2)22(16)15-23-18(3)13-21(14-19(23)4)25(8,9)10/h11-12,18-19,21,23H,13-15H2,1-10H3/t18-,19-,21?,23?/m1/s1. The summed E-state index contributed by atoms with van der Waals surface area (Å²) >= 11 is 0. The molecular weight excluding hydrogens is 300 g/mol. The Labute approximate surface area is 157 Å². The maximum absolute atomic E-state index is 2.51. The van der Waals surface area contributed by atoms with Crippen molar-refractivity contribution in [2.75, 3.05) is 0 Å². The van der Waals surface area contributed by atoms with E-state index in [2.05, 4.69) is 81.4 Å². The quantitative estimate of drug-likeness (QED) is 0.522. The van der Waals surface area contributed by atoms with Crippen LogP contribution in [0.1, 0.15) is 90.5 Å². The molecule has 1 fully saturated rings. The van der Waals surface area contributed by atoms with E-state index in [9.17, 15) is 0 Å². The normalized spacial score (nSPS) is 28.2. The Morgan fingerprint density at radius 2 is 1.28 bits per heavy atom. The summed E-state index contributed by atoms with van der Waals surface area (Å²) in [5, 5.41) is 0. The molecule has 0 N–H and O–H groups in total. The van der Waals surface area contributed by atoms with Crippen LogP contribution in [-0.2, 0) is 11.8 Å². The van der Waals surface area contributed by atoms with E-state index in [0.29, 0.717) is 5.41 Å². The van der Waals surface area contributed by atoms with Crippen molar-refractivity contribution in [3.8, 4) is 0 Å². The molecule has 0 heterocycles. The fourth-order valence-corrected chi connectivity index (χ4v) is 5.00. The van der Waals surface area contributed by atoms with Crippen LogP contribution in [-0.4, -0.2) is 0 Å². The number of rotatable bonds is 2. The van der Waals surface area contributed by atoms with E-state index in [1.54, 1.807) is 5.56 Å². The van der Waals surface area contributed by atoms with E-state index in [-0.39, 0.29) is 5.41 Å². The molecule has 2 rings (SSSR count). The van der Waals surface area contributed by atoms with Crippen LogP contribution in [0.2, 0.25) is 0 Å². The molecule has 0 aliphatic heterocycles. The van der Waals surface area contributed by atoms with Crippen molar-refractivity contribution in [3.05, 3.63) is 34.4 Å². The van der Waals surface area contributed by atoms with Crippen LogP contribution >= 0.6 is 0 Å². The van der Waals surface area contributed by atoms with Gasteiger partial charge in [0.05, 0.1) is 0 Å². The minimum Gasteiger partial charge on any atom is -0.0622 e. The van der Waals surface area contributed by atoms with Crippen LogP contribution in [0.5, 0.6) is 0 Å². The third-order valence-corrected chi connectivity index (χ3v) is 7.00. The molecule has 0 spiro atoms. The van der Waals surface area contributed by atoms with Gasteiger partial charge in [-0.25, -0.2) is 0 Å². The van der Waals surface area contributed by atoms with Crippen LogP contribution in [0, 0.1) is 42.9 Å². The minimum absolute atomic E-state index is 0.236. The lowest BCUT2D eigenvalue weighted by molar-refractivity contribution is 0.0630. The average Bonchev–Trinajstić information content (AvgIpc) is 2.42. The monoisotopic (exact) mass is 342 g/mol. The fraction of sp³-hybridized carbons (Fsp3) is 0.760. The second-order valence-electron chi connectivity index (χ2n) is 11.2. The Morgan fingerprint density at radius 1 is 0.840 bits per heavy atom. The van der Waals surface area contributed by atoms with E-state index in [1.165, 1.54) is 36.0 Å². The highest BCUT2D eigenvalue weighted by Gasteiger charge is 2.38. The van der Waals surface area contributed by atoms with Crippen LogP contribution in [0.25, 0.3) is 0 Å². The summed E-state index contributed by atoms with van der Waals surface area (Å²) in [6, 6.07) is 4.89. The first-order valence-corrected chi connectivity index (χ1v) is 10.4. The lowest BCUT2D eigenvalue weighted by Crippen LogP contribution is -2.36. The highest BCUT2D eigenvalue weighted by Crippen LogP contribution is 2.46. The van der Waals surface area contributed by atoms with E-state index >= 15 is 0 Å². The molecule has 1 saturated carbocycles. The molecule has 0 amide bonds. The smallest absolute Gasteiger partial charge is 0.0132 e. The van der Waals surface area contributed by atoms with Crippen LogP contribution in [0.15, 0.2) is 12.1 Å². The van der Waals surface area contributed by atoms with Gasteiger partial charge in [-0.2, -0.15) is 0 Å². The van der Waals surface area contributed by atoms with Crippen LogP contribution < -0.4 is 0 Å². The van der Waals surface area contributed by atoms with Gasteiger partial charge in [-0.3, -0.25) is 0 Å². The third-order valence-electron chi connectivity index (χ3n) is 7.00. The Bertz CT molecular complexity index is 558. The van der Waals surface area contributed by atoms with Crippen molar-refractivity contribution in [2.45, 2.75) is 93.9 Å². The highest BCUT2D eigenvalue weighted by molar-refractivity contribution is 5.40. The number of hydrogen-bond acceptors (Lipinski definition) is 0. The van der Waals surface area contributed by atoms with Gasteiger partial charge < -0.3 is 0 Å². The van der Waals surface area contributed by atoms with E-state index in [1.807, 2.05) is 0 Å². The first-order valence-electron chi connectivity index (χ1n) is 10.4. The zero-order valence-electron chi connectivity index (χ0n) is 18.6. The summed E-state index contributed by atoms with van der Waals surface area (Å²) in [7, 11) is 0. The second-order valence-corrected chi connectivity index (χ2v) is 11.2. The van der Waals surface area contributed by atoms with Crippen molar-refractivity contribution < 1.29 is 0 Å². The van der Waals surface area contributed by atoms with Crippen molar-refractivity contribution >= 4 is 0 Å². The Kier molecular flexibility index (Phi) is 5.82. The number of aryl methyl sites for hydroxylation is 2. The molecule has 1 aromatic carbocycles. The second kappa shape index (κ2) is 7.09. The molecule has 2 atom stereocenters. The fourth-order valence-electron chi connectivity index (χ4n) is 5.00. The maximum Gasteiger partial charge on any atom is -0.0132 e. The largest absolute Gasteiger partial charge is 0.0622 e. The molecule has 0 radical (unpaired) electrons. The highest BCUT2D eigenvalue weighted by atomic mass is 14.4. The van der Waals surface area contributed by atoms with Crippen LogP contribution in [0.4, 0.5) is 0 Å². The minimum atomic E-state index is 0.236. The molecule has 0 bridgehead atoms. The molecule has 1 aliphatic rings. The number of hydrogen-bond donors (Lipinski definition) is 0. The molecule has 0 heteroatoms. The molecule has 142 valence electrons. The van der Waals surface area contributed by atoms with Gasteiger partial charge in [0.15, 0.2) is 0 Å². The summed E-state index contributed by atoms with van der Waals surface area (Å²) in [4.78, 5) is 0. The molecule has 1 aliphatic carbocycles. The zero-order valence-corrected chi connectivity index (χ0v) is 18.6. The SMILES string of the molecule is Cc1cc(C(C)(C)C)cc(C)c1CC1[C@H](C)CC(C(C)(C)C)C[C@H]1C. The first kappa shape index (κ1) is 20.5. The Morgan fingerprint density at radius 3 is 1.64 bits per heavy atom. The summed E-state index contributed by atoms with van der Waals surface area (Å²) in [5.74, 6) is 3.36. The first-order chi connectivity index (χ1) is 11.3. The van der Waals surface area contributed by atoms with Crippen LogP contribution in [0.3, 0.4) is 0 Å². The molecule has 0 aromatic heterocycles. The van der Waals surface area contributed by atoms with Gasteiger partial charge in [-0.1, -0.05) is 67.5 Å². The summed E-state index contributed by atoms with van der Waals surface area (Å²) in [6.07, 6.45) is 4.06. The van der Waals surface area contributed by atoms with Gasteiger partial charge in [-0.05, 0) is 89.9 Å². The molecule has 0 unspecified atom stereocenters. The third kappa shape index (κ3) is 4.69. The zero-order chi connectivity index (χ0) is 19.2. The molecular formula is C25H42. The lowest BCUT2D eigenvalue weighted by atomic mass is 9.61. The predicted octanol–water partition coefficient (Wildman–Crippen LogP) is 7.49. The van der Waals surface area contributed by atoms with E-state index < -0.39 is 0 Å². The van der Waals surface area contributed by atoms with E-state index in [0.717, 1.165) is 23.7 Å².